The van der Waals surface area contributed by atoms with Crippen LogP contribution in [0.5, 0.6) is 0 Å². The molecule has 0 aromatic heterocycles. The number of amides is 1. The second-order valence-electron chi connectivity index (χ2n) is 7.03. The second-order valence-corrected chi connectivity index (χ2v) is 8.18. The van der Waals surface area contributed by atoms with Crippen LogP contribution in [0.3, 0.4) is 0 Å². The third kappa shape index (κ3) is 4.55. The van der Waals surface area contributed by atoms with Crippen LogP contribution in [0.2, 0.25) is 0 Å². The first-order valence-electron chi connectivity index (χ1n) is 8.57. The number of esters is 1. The van der Waals surface area contributed by atoms with Gasteiger partial charge in [-0.2, -0.15) is 0 Å². The number of hydrogen-bond donors (Lipinski definition) is 0. The van der Waals surface area contributed by atoms with Crippen molar-refractivity contribution in [2.75, 3.05) is 12.4 Å². The molecule has 0 aliphatic carbocycles. The number of ether oxygens (including phenoxy) is 1. The zero-order valence-electron chi connectivity index (χ0n) is 15.4. The highest BCUT2D eigenvalue weighted by Gasteiger charge is 2.44. The van der Waals surface area contributed by atoms with Crippen molar-refractivity contribution in [1.82, 2.24) is 4.90 Å². The smallest absolute Gasteiger partial charge is 0.329 e. The summed E-state index contributed by atoms with van der Waals surface area (Å²) >= 11 is 1.53. The van der Waals surface area contributed by atoms with Crippen LogP contribution >= 0.6 is 11.8 Å². The Morgan fingerprint density at radius 3 is 2.62 bits per heavy atom. The quantitative estimate of drug-likeness (QED) is 0.427. The molecule has 1 saturated heterocycles. The van der Waals surface area contributed by atoms with E-state index in [1.54, 1.807) is 0 Å². The number of carbonyl (C=O) groups excluding carboxylic acids is 2. The van der Waals surface area contributed by atoms with Gasteiger partial charge in [0, 0.05) is 23.4 Å². The Labute approximate surface area is 157 Å². The Kier molecular flexibility index (Phi) is 6.63. The lowest BCUT2D eigenvalue weighted by molar-refractivity contribution is -0.384. The maximum absolute atomic E-state index is 13.1. The van der Waals surface area contributed by atoms with Crippen LogP contribution in [0.1, 0.15) is 38.1 Å². The number of nitro groups is 1. The molecule has 0 spiro atoms. The topological polar surface area (TPSA) is 89.8 Å². The van der Waals surface area contributed by atoms with Gasteiger partial charge >= 0.3 is 5.97 Å². The predicted molar refractivity (Wildman–Crippen MR) is 99.9 cm³/mol. The molecule has 1 aromatic rings. The highest BCUT2D eigenvalue weighted by Crippen LogP contribution is 2.36. The minimum absolute atomic E-state index is 0.130. The average Bonchev–Trinajstić information content (AvgIpc) is 3.04. The molecule has 0 saturated carbocycles. The van der Waals surface area contributed by atoms with E-state index >= 15 is 0 Å². The van der Waals surface area contributed by atoms with E-state index < -0.39 is 16.9 Å². The maximum atomic E-state index is 13.1. The molecule has 1 heterocycles. The maximum Gasteiger partial charge on any atom is 0.329 e. The molecule has 2 atom stereocenters. The molecule has 1 aliphatic heterocycles. The van der Waals surface area contributed by atoms with Gasteiger partial charge in [-0.3, -0.25) is 14.9 Å². The lowest BCUT2D eigenvalue weighted by Gasteiger charge is -2.30. The Balaban J connectivity index is 2.29. The van der Waals surface area contributed by atoms with E-state index in [0.717, 1.165) is 0 Å². The van der Waals surface area contributed by atoms with Gasteiger partial charge in [-0.25, -0.2) is 4.79 Å². The van der Waals surface area contributed by atoms with Crippen LogP contribution in [0.4, 0.5) is 5.69 Å². The molecule has 0 bridgehead atoms. The first-order valence-corrected chi connectivity index (χ1v) is 9.62. The highest BCUT2D eigenvalue weighted by molar-refractivity contribution is 8.00. The van der Waals surface area contributed by atoms with Crippen molar-refractivity contribution in [1.29, 1.82) is 0 Å². The molecule has 0 N–H and O–H groups in total. The molecule has 142 valence electrons. The number of non-ortho nitro benzene ring substituents is 1. The molecule has 1 fully saturated rings. The number of carbonyl (C=O) groups is 2. The molecule has 2 rings (SSSR count). The van der Waals surface area contributed by atoms with Crippen LogP contribution in [0, 0.1) is 22.0 Å². The van der Waals surface area contributed by atoms with Gasteiger partial charge in [-0.15, -0.1) is 11.8 Å². The van der Waals surface area contributed by atoms with E-state index in [1.807, 2.05) is 27.7 Å². The zero-order valence-corrected chi connectivity index (χ0v) is 16.2. The SMILES string of the molecule is CC(C)COC(=O)[C@@H]1CS[C@@H](C(C)C)N1C(=O)c1cccc([N+](=O)[O-])c1. The first-order chi connectivity index (χ1) is 12.2. The van der Waals surface area contributed by atoms with Crippen molar-refractivity contribution >= 4 is 29.3 Å². The standard InChI is InChI=1S/C18H24N2O5S/c1-11(2)9-25-18(22)15-10-26-17(12(3)4)19(15)16(21)13-6-5-7-14(8-13)20(23)24/h5-8,11-12,15,17H,9-10H2,1-4H3/t15-,17-/m0/s1. The van der Waals surface area contributed by atoms with Gasteiger partial charge in [0.1, 0.15) is 6.04 Å². The molecule has 8 heteroatoms. The predicted octanol–water partition coefficient (Wildman–Crippen LogP) is 3.33. The van der Waals surface area contributed by atoms with E-state index in [9.17, 15) is 19.7 Å². The minimum atomic E-state index is -0.682. The van der Waals surface area contributed by atoms with Gasteiger partial charge in [0.25, 0.3) is 11.6 Å². The second kappa shape index (κ2) is 8.53. The summed E-state index contributed by atoms with van der Waals surface area (Å²) in [6.07, 6.45) is 0. The molecule has 1 aliphatic rings. The molecule has 1 amide bonds. The molecule has 26 heavy (non-hydrogen) atoms. The Morgan fingerprint density at radius 1 is 1.35 bits per heavy atom. The van der Waals surface area contributed by atoms with Crippen molar-refractivity contribution in [2.24, 2.45) is 11.8 Å². The monoisotopic (exact) mass is 380 g/mol. The molecule has 0 unspecified atom stereocenters. The van der Waals surface area contributed by atoms with E-state index in [0.29, 0.717) is 12.4 Å². The summed E-state index contributed by atoms with van der Waals surface area (Å²) in [5.74, 6) is -0.0159. The molecular weight excluding hydrogens is 356 g/mol. The van der Waals surface area contributed by atoms with Crippen LogP contribution in [0.15, 0.2) is 24.3 Å². The number of thioether (sulfide) groups is 1. The minimum Gasteiger partial charge on any atom is -0.464 e. The fourth-order valence-electron chi connectivity index (χ4n) is 2.73. The largest absolute Gasteiger partial charge is 0.464 e. The van der Waals surface area contributed by atoms with Gasteiger partial charge in [-0.1, -0.05) is 33.8 Å². The average molecular weight is 380 g/mol. The summed E-state index contributed by atoms with van der Waals surface area (Å²) in [5, 5.41) is 10.8. The highest BCUT2D eigenvalue weighted by atomic mass is 32.2. The summed E-state index contributed by atoms with van der Waals surface area (Å²) in [4.78, 5) is 37.6. The van der Waals surface area contributed by atoms with Crippen LogP contribution in [-0.2, 0) is 9.53 Å². The number of benzene rings is 1. The number of rotatable bonds is 6. The fraction of sp³-hybridized carbons (Fsp3) is 0.556. The van der Waals surface area contributed by atoms with Crippen molar-refractivity contribution < 1.29 is 19.2 Å². The van der Waals surface area contributed by atoms with E-state index in [4.69, 9.17) is 4.74 Å². The fourth-order valence-corrected chi connectivity index (χ4v) is 4.19. The van der Waals surface area contributed by atoms with Crippen molar-refractivity contribution in [3.63, 3.8) is 0 Å². The Hall–Kier alpha value is -2.09. The van der Waals surface area contributed by atoms with Gasteiger partial charge in [0.2, 0.25) is 0 Å². The third-order valence-corrected chi connectivity index (χ3v) is 5.60. The number of nitrogens with zero attached hydrogens (tertiary/aromatic N) is 2. The summed E-state index contributed by atoms with van der Waals surface area (Å²) in [6.45, 7) is 8.14. The van der Waals surface area contributed by atoms with Gasteiger partial charge < -0.3 is 9.64 Å². The van der Waals surface area contributed by atoms with Gasteiger partial charge in [0.15, 0.2) is 0 Å². The Bertz CT molecular complexity index is 692. The van der Waals surface area contributed by atoms with E-state index in [1.165, 1.54) is 40.9 Å². The summed E-state index contributed by atoms with van der Waals surface area (Å²) in [6, 6.07) is 4.92. The van der Waals surface area contributed by atoms with Crippen LogP contribution < -0.4 is 0 Å². The first kappa shape index (κ1) is 20.2. The van der Waals surface area contributed by atoms with E-state index in [-0.39, 0.29) is 34.4 Å². The van der Waals surface area contributed by atoms with Gasteiger partial charge in [0.05, 0.1) is 16.9 Å². The van der Waals surface area contributed by atoms with Crippen molar-refractivity contribution in [3.05, 3.63) is 39.9 Å². The number of hydrogen-bond acceptors (Lipinski definition) is 6. The molecular formula is C18H24N2O5S. The molecule has 7 nitrogen and oxygen atoms in total. The normalized spacial score (nSPS) is 19.8. The van der Waals surface area contributed by atoms with Crippen molar-refractivity contribution in [3.8, 4) is 0 Å². The van der Waals surface area contributed by atoms with Gasteiger partial charge in [-0.05, 0) is 17.9 Å². The summed E-state index contributed by atoms with van der Waals surface area (Å²) in [5.41, 5.74) is 0.0525. The molecule has 0 radical (unpaired) electrons. The summed E-state index contributed by atoms with van der Waals surface area (Å²) in [7, 11) is 0. The zero-order chi connectivity index (χ0) is 19.4. The lowest BCUT2D eigenvalue weighted by atomic mass is 10.1. The Morgan fingerprint density at radius 2 is 2.04 bits per heavy atom. The van der Waals surface area contributed by atoms with Crippen LogP contribution in [0.25, 0.3) is 0 Å². The number of nitro benzene ring substituents is 1. The van der Waals surface area contributed by atoms with Crippen LogP contribution in [-0.4, -0.2) is 45.5 Å². The van der Waals surface area contributed by atoms with Crippen molar-refractivity contribution in [2.45, 2.75) is 39.1 Å². The summed E-state index contributed by atoms with van der Waals surface area (Å²) < 4.78 is 5.34. The van der Waals surface area contributed by atoms with E-state index in [2.05, 4.69) is 0 Å². The molecule has 1 aromatic carbocycles. The lowest BCUT2D eigenvalue weighted by Crippen LogP contribution is -2.48. The third-order valence-electron chi connectivity index (χ3n) is 3.97.